The molecule has 1 aliphatic rings. The molecule has 1 N–H and O–H groups in total. The topological polar surface area (TPSA) is 83.4 Å². The van der Waals surface area contributed by atoms with Gasteiger partial charge in [0, 0.05) is 12.7 Å². The Hall–Kier alpha value is -1.98. The minimum Gasteiger partial charge on any atom is -0.480 e. The molecule has 102 valence electrons. The van der Waals surface area contributed by atoms with E-state index in [1.165, 1.54) is 17.4 Å². The van der Waals surface area contributed by atoms with E-state index in [4.69, 9.17) is 0 Å². The maximum Gasteiger partial charge on any atom is 0.326 e. The van der Waals surface area contributed by atoms with E-state index in [9.17, 15) is 14.7 Å². The maximum atomic E-state index is 12.4. The van der Waals surface area contributed by atoms with Crippen LogP contribution >= 0.6 is 0 Å². The van der Waals surface area contributed by atoms with E-state index in [1.54, 1.807) is 6.92 Å². The van der Waals surface area contributed by atoms with Crippen molar-refractivity contribution in [1.82, 2.24) is 14.9 Å². The summed E-state index contributed by atoms with van der Waals surface area (Å²) < 4.78 is 0. The molecule has 0 bridgehead atoms. The van der Waals surface area contributed by atoms with Gasteiger partial charge in [-0.1, -0.05) is 6.92 Å². The molecule has 1 amide bonds. The van der Waals surface area contributed by atoms with Crippen LogP contribution in [0.1, 0.15) is 35.8 Å². The fraction of sp³-hybridized carbons (Fsp3) is 0.538. The number of likely N-dealkylation sites (tertiary alicyclic amines) is 1. The SMILES string of the molecule is Cc1ncncc1C(=O)N1CCC(C)CC1C(=O)O. The number of rotatable bonds is 2. The molecule has 2 atom stereocenters. The first kappa shape index (κ1) is 13.5. The monoisotopic (exact) mass is 263 g/mol. The molecule has 19 heavy (non-hydrogen) atoms. The average Bonchev–Trinajstić information content (AvgIpc) is 2.38. The van der Waals surface area contributed by atoms with E-state index in [0.29, 0.717) is 30.1 Å². The van der Waals surface area contributed by atoms with Crippen molar-refractivity contribution in [2.24, 2.45) is 5.92 Å². The average molecular weight is 263 g/mol. The highest BCUT2D eigenvalue weighted by molar-refractivity contribution is 5.97. The van der Waals surface area contributed by atoms with Crippen LogP contribution in [0.25, 0.3) is 0 Å². The Morgan fingerprint density at radius 1 is 1.47 bits per heavy atom. The molecule has 1 aliphatic heterocycles. The van der Waals surface area contributed by atoms with Crippen LogP contribution in [0.2, 0.25) is 0 Å². The maximum absolute atomic E-state index is 12.4. The highest BCUT2D eigenvalue weighted by Gasteiger charge is 2.35. The molecule has 0 aromatic carbocycles. The van der Waals surface area contributed by atoms with Crippen molar-refractivity contribution in [2.45, 2.75) is 32.7 Å². The van der Waals surface area contributed by atoms with E-state index in [0.717, 1.165) is 6.42 Å². The van der Waals surface area contributed by atoms with Crippen molar-refractivity contribution in [2.75, 3.05) is 6.54 Å². The van der Waals surface area contributed by atoms with Gasteiger partial charge >= 0.3 is 5.97 Å². The van der Waals surface area contributed by atoms with Gasteiger partial charge in [0.1, 0.15) is 12.4 Å². The van der Waals surface area contributed by atoms with Crippen LogP contribution in [-0.2, 0) is 4.79 Å². The molecular formula is C13H17N3O3. The number of nitrogens with zero attached hydrogens (tertiary/aromatic N) is 3. The lowest BCUT2D eigenvalue weighted by atomic mass is 9.92. The van der Waals surface area contributed by atoms with Crippen LogP contribution in [0.15, 0.2) is 12.5 Å². The third-order valence-corrected chi connectivity index (χ3v) is 3.55. The molecule has 0 radical (unpaired) electrons. The first-order valence-corrected chi connectivity index (χ1v) is 6.31. The Kier molecular flexibility index (Phi) is 3.78. The van der Waals surface area contributed by atoms with Crippen molar-refractivity contribution in [1.29, 1.82) is 0 Å². The van der Waals surface area contributed by atoms with Crippen molar-refractivity contribution < 1.29 is 14.7 Å². The molecule has 1 saturated heterocycles. The van der Waals surface area contributed by atoms with Gasteiger partial charge in [-0.3, -0.25) is 4.79 Å². The zero-order valence-electron chi connectivity index (χ0n) is 11.0. The van der Waals surface area contributed by atoms with E-state index >= 15 is 0 Å². The minimum atomic E-state index is -0.950. The zero-order chi connectivity index (χ0) is 14.0. The Labute approximate surface area is 111 Å². The summed E-state index contributed by atoms with van der Waals surface area (Å²) in [7, 11) is 0. The predicted octanol–water partition coefficient (Wildman–Crippen LogP) is 1.11. The van der Waals surface area contributed by atoms with Crippen LogP contribution in [0.3, 0.4) is 0 Å². The second-order valence-corrected chi connectivity index (χ2v) is 5.00. The van der Waals surface area contributed by atoms with Crippen LogP contribution < -0.4 is 0 Å². The fourth-order valence-electron chi connectivity index (χ4n) is 2.37. The van der Waals surface area contributed by atoms with Crippen LogP contribution in [0, 0.1) is 12.8 Å². The normalized spacial score (nSPS) is 23.2. The van der Waals surface area contributed by atoms with Crippen LogP contribution in [0.5, 0.6) is 0 Å². The number of aliphatic carboxylic acids is 1. The molecule has 0 spiro atoms. The molecular weight excluding hydrogens is 246 g/mol. The van der Waals surface area contributed by atoms with Gasteiger partial charge in [-0.2, -0.15) is 0 Å². The van der Waals surface area contributed by atoms with Crippen molar-refractivity contribution in [3.05, 3.63) is 23.8 Å². The first-order valence-electron chi connectivity index (χ1n) is 6.31. The highest BCUT2D eigenvalue weighted by Crippen LogP contribution is 2.24. The summed E-state index contributed by atoms with van der Waals surface area (Å²) in [6, 6.07) is -0.754. The zero-order valence-corrected chi connectivity index (χ0v) is 11.0. The summed E-state index contributed by atoms with van der Waals surface area (Å²) in [5, 5.41) is 9.27. The summed E-state index contributed by atoms with van der Waals surface area (Å²) in [4.78, 5) is 33.0. The van der Waals surface area contributed by atoms with Gasteiger partial charge in [-0.15, -0.1) is 0 Å². The minimum absolute atomic E-state index is 0.294. The number of carboxylic acid groups (broad SMARTS) is 1. The molecule has 2 heterocycles. The number of carboxylic acids is 1. The number of carbonyl (C=O) groups is 2. The summed E-state index contributed by atoms with van der Waals surface area (Å²) in [6.45, 7) is 4.19. The predicted molar refractivity (Wildman–Crippen MR) is 67.6 cm³/mol. The van der Waals surface area contributed by atoms with Gasteiger partial charge < -0.3 is 10.0 Å². The Morgan fingerprint density at radius 2 is 2.21 bits per heavy atom. The fourth-order valence-corrected chi connectivity index (χ4v) is 2.37. The van der Waals surface area contributed by atoms with E-state index in [-0.39, 0.29) is 5.91 Å². The Balaban J connectivity index is 2.27. The number of aromatic nitrogens is 2. The van der Waals surface area contributed by atoms with Gasteiger partial charge in [-0.25, -0.2) is 14.8 Å². The van der Waals surface area contributed by atoms with Gasteiger partial charge in [0.25, 0.3) is 5.91 Å². The number of piperidine rings is 1. The molecule has 1 fully saturated rings. The molecule has 1 aromatic heterocycles. The molecule has 0 saturated carbocycles. The number of hydrogen-bond acceptors (Lipinski definition) is 4. The van der Waals surface area contributed by atoms with Crippen molar-refractivity contribution in [3.8, 4) is 0 Å². The molecule has 1 aromatic rings. The second-order valence-electron chi connectivity index (χ2n) is 5.00. The summed E-state index contributed by atoms with van der Waals surface area (Å²) in [5.41, 5.74) is 0.950. The van der Waals surface area contributed by atoms with Crippen molar-refractivity contribution in [3.63, 3.8) is 0 Å². The third kappa shape index (κ3) is 2.72. The quantitative estimate of drug-likeness (QED) is 0.864. The lowest BCUT2D eigenvalue weighted by Gasteiger charge is -2.36. The van der Waals surface area contributed by atoms with Crippen LogP contribution in [0.4, 0.5) is 0 Å². The lowest BCUT2D eigenvalue weighted by Crippen LogP contribution is -2.50. The van der Waals surface area contributed by atoms with Crippen molar-refractivity contribution >= 4 is 11.9 Å². The van der Waals surface area contributed by atoms with E-state index in [1.807, 2.05) is 6.92 Å². The molecule has 2 rings (SSSR count). The van der Waals surface area contributed by atoms with Gasteiger partial charge in [-0.05, 0) is 25.7 Å². The largest absolute Gasteiger partial charge is 0.480 e. The lowest BCUT2D eigenvalue weighted by molar-refractivity contribution is -0.144. The third-order valence-electron chi connectivity index (χ3n) is 3.55. The summed E-state index contributed by atoms with van der Waals surface area (Å²) in [5.74, 6) is -0.926. The van der Waals surface area contributed by atoms with Gasteiger partial charge in [0.15, 0.2) is 0 Å². The van der Waals surface area contributed by atoms with Gasteiger partial charge in [0.2, 0.25) is 0 Å². The molecule has 0 aliphatic carbocycles. The van der Waals surface area contributed by atoms with E-state index < -0.39 is 12.0 Å². The molecule has 2 unspecified atom stereocenters. The van der Waals surface area contributed by atoms with Crippen LogP contribution in [-0.4, -0.2) is 44.4 Å². The number of aryl methyl sites for hydroxylation is 1. The number of hydrogen-bond donors (Lipinski definition) is 1. The van der Waals surface area contributed by atoms with E-state index in [2.05, 4.69) is 9.97 Å². The molecule has 6 nitrogen and oxygen atoms in total. The Morgan fingerprint density at radius 3 is 2.84 bits per heavy atom. The highest BCUT2D eigenvalue weighted by atomic mass is 16.4. The summed E-state index contributed by atoms with van der Waals surface area (Å²) in [6.07, 6.45) is 4.14. The first-order chi connectivity index (χ1) is 9.00. The Bertz CT molecular complexity index is 504. The summed E-state index contributed by atoms with van der Waals surface area (Å²) >= 11 is 0. The van der Waals surface area contributed by atoms with Gasteiger partial charge in [0.05, 0.1) is 11.3 Å². The number of carbonyl (C=O) groups excluding carboxylic acids is 1. The molecule has 6 heteroatoms. The second kappa shape index (κ2) is 5.34. The standard InChI is InChI=1S/C13H17N3O3/c1-8-3-4-16(11(5-8)13(18)19)12(17)10-6-14-7-15-9(10)2/h6-8,11H,3-5H2,1-2H3,(H,18,19). The number of amides is 1. The smallest absolute Gasteiger partial charge is 0.326 e.